The van der Waals surface area contributed by atoms with Crippen LogP contribution in [0.5, 0.6) is 0 Å². The lowest BCUT2D eigenvalue weighted by Crippen LogP contribution is -2.43. The van der Waals surface area contributed by atoms with E-state index in [0.29, 0.717) is 33.8 Å². The SMILES string of the molecule is COC(=O)c1c(C)c(C(=O)C(C)N(Cc2ccco2)C(=O)c2ccccc2C)c(C)n1C. The van der Waals surface area contributed by atoms with E-state index in [1.165, 1.54) is 18.3 Å². The third-order valence-electron chi connectivity index (χ3n) is 5.95. The lowest BCUT2D eigenvalue weighted by molar-refractivity contribution is 0.0586. The fraction of sp³-hybridized carbons (Fsp3) is 0.320. The van der Waals surface area contributed by atoms with Gasteiger partial charge in [-0.1, -0.05) is 18.2 Å². The molecule has 7 heteroatoms. The Morgan fingerprint density at radius 3 is 2.38 bits per heavy atom. The highest BCUT2D eigenvalue weighted by Crippen LogP contribution is 2.26. The first kappa shape index (κ1) is 23.1. The maximum Gasteiger partial charge on any atom is 0.354 e. The summed E-state index contributed by atoms with van der Waals surface area (Å²) >= 11 is 0. The molecule has 0 radical (unpaired) electrons. The summed E-state index contributed by atoms with van der Waals surface area (Å²) in [5.41, 5.74) is 3.26. The number of Topliss-reactive ketones (excluding diaryl/α,β-unsaturated/α-hetero) is 1. The Labute approximate surface area is 187 Å². The molecule has 1 amide bonds. The zero-order chi connectivity index (χ0) is 23.6. The second kappa shape index (κ2) is 9.26. The summed E-state index contributed by atoms with van der Waals surface area (Å²) in [5, 5.41) is 0. The first-order valence-corrected chi connectivity index (χ1v) is 10.4. The molecular formula is C25H28N2O5. The molecule has 0 aliphatic rings. The van der Waals surface area contributed by atoms with Gasteiger partial charge in [-0.2, -0.15) is 0 Å². The molecule has 2 aromatic heterocycles. The minimum absolute atomic E-state index is 0.141. The van der Waals surface area contributed by atoms with Gasteiger partial charge >= 0.3 is 5.97 Å². The molecule has 3 aromatic rings. The van der Waals surface area contributed by atoms with Crippen molar-refractivity contribution in [3.63, 3.8) is 0 Å². The van der Waals surface area contributed by atoms with Gasteiger partial charge in [0.15, 0.2) is 5.78 Å². The average Bonchev–Trinajstić information content (AvgIpc) is 3.37. The zero-order valence-electron chi connectivity index (χ0n) is 19.3. The summed E-state index contributed by atoms with van der Waals surface area (Å²) in [6.45, 7) is 7.20. The van der Waals surface area contributed by atoms with E-state index in [1.807, 2.05) is 19.1 Å². The first-order valence-electron chi connectivity index (χ1n) is 10.4. The van der Waals surface area contributed by atoms with Crippen molar-refractivity contribution in [1.82, 2.24) is 9.47 Å². The van der Waals surface area contributed by atoms with Crippen molar-refractivity contribution < 1.29 is 23.5 Å². The molecule has 0 aliphatic heterocycles. The maximum absolute atomic E-state index is 13.7. The Hall–Kier alpha value is -3.61. The Morgan fingerprint density at radius 1 is 1.09 bits per heavy atom. The van der Waals surface area contributed by atoms with Gasteiger partial charge in [0, 0.05) is 23.9 Å². The van der Waals surface area contributed by atoms with E-state index in [0.717, 1.165) is 5.56 Å². The number of benzene rings is 1. The second-order valence-electron chi connectivity index (χ2n) is 7.85. The Balaban J connectivity index is 2.04. The molecule has 0 aliphatic carbocycles. The highest BCUT2D eigenvalue weighted by molar-refractivity contribution is 6.07. The summed E-state index contributed by atoms with van der Waals surface area (Å²) in [5.74, 6) is -0.453. The molecule has 7 nitrogen and oxygen atoms in total. The minimum atomic E-state index is -0.794. The molecular weight excluding hydrogens is 408 g/mol. The van der Waals surface area contributed by atoms with Crippen LogP contribution in [0, 0.1) is 20.8 Å². The van der Waals surface area contributed by atoms with E-state index in [4.69, 9.17) is 9.15 Å². The average molecular weight is 437 g/mol. The number of esters is 1. The number of furan rings is 1. The number of carbonyl (C=O) groups is 3. The van der Waals surface area contributed by atoms with Crippen LogP contribution >= 0.6 is 0 Å². The largest absolute Gasteiger partial charge is 0.467 e. The molecule has 0 spiro atoms. The van der Waals surface area contributed by atoms with Crippen molar-refractivity contribution in [1.29, 1.82) is 0 Å². The van der Waals surface area contributed by atoms with Crippen LogP contribution in [0.25, 0.3) is 0 Å². The standard InChI is InChI=1S/C25H28N2O5/c1-15-10-7-8-12-20(15)24(29)27(14-19-11-9-13-32-19)18(4)23(28)21-16(2)22(25(30)31-6)26(5)17(21)3/h7-13,18H,14H2,1-6H3. The lowest BCUT2D eigenvalue weighted by Gasteiger charge is -2.28. The van der Waals surface area contributed by atoms with Crippen LogP contribution in [-0.2, 0) is 18.3 Å². The monoisotopic (exact) mass is 436 g/mol. The molecule has 168 valence electrons. The van der Waals surface area contributed by atoms with Gasteiger partial charge in [-0.25, -0.2) is 4.79 Å². The number of aromatic nitrogens is 1. The summed E-state index contributed by atoms with van der Waals surface area (Å²) in [6.07, 6.45) is 1.53. The minimum Gasteiger partial charge on any atom is -0.467 e. The van der Waals surface area contributed by atoms with Gasteiger partial charge in [0.1, 0.15) is 11.5 Å². The van der Waals surface area contributed by atoms with Gasteiger partial charge in [0.2, 0.25) is 0 Å². The Morgan fingerprint density at radius 2 is 1.78 bits per heavy atom. The number of rotatable bonds is 7. The molecule has 1 aromatic carbocycles. The van der Waals surface area contributed by atoms with E-state index in [9.17, 15) is 14.4 Å². The molecule has 0 saturated heterocycles. The Bertz CT molecular complexity index is 1160. The summed E-state index contributed by atoms with van der Waals surface area (Å²) in [4.78, 5) is 40.9. The van der Waals surface area contributed by atoms with Gasteiger partial charge in [-0.3, -0.25) is 9.59 Å². The van der Waals surface area contributed by atoms with E-state index in [-0.39, 0.29) is 18.2 Å². The number of aryl methyl sites for hydroxylation is 1. The molecule has 0 fully saturated rings. The van der Waals surface area contributed by atoms with Crippen LogP contribution in [0.4, 0.5) is 0 Å². The van der Waals surface area contributed by atoms with Crippen molar-refractivity contribution in [3.05, 3.63) is 82.1 Å². The third kappa shape index (κ3) is 4.10. The molecule has 1 atom stereocenters. The molecule has 0 N–H and O–H groups in total. The number of hydrogen-bond acceptors (Lipinski definition) is 5. The third-order valence-corrected chi connectivity index (χ3v) is 5.95. The van der Waals surface area contributed by atoms with Gasteiger partial charge in [-0.05, 0) is 57.0 Å². The first-order chi connectivity index (χ1) is 15.2. The molecule has 32 heavy (non-hydrogen) atoms. The number of amides is 1. The van der Waals surface area contributed by atoms with Crippen LogP contribution in [0.2, 0.25) is 0 Å². The van der Waals surface area contributed by atoms with Gasteiger partial charge < -0.3 is 18.6 Å². The van der Waals surface area contributed by atoms with Crippen LogP contribution in [-0.4, -0.2) is 40.3 Å². The van der Waals surface area contributed by atoms with Crippen LogP contribution < -0.4 is 0 Å². The highest BCUT2D eigenvalue weighted by atomic mass is 16.5. The lowest BCUT2D eigenvalue weighted by atomic mass is 9.98. The number of nitrogens with zero attached hydrogens (tertiary/aromatic N) is 2. The number of carbonyl (C=O) groups excluding carboxylic acids is 3. The highest BCUT2D eigenvalue weighted by Gasteiger charge is 2.33. The van der Waals surface area contributed by atoms with E-state index in [1.54, 1.807) is 56.7 Å². The normalized spacial score (nSPS) is 11.8. The fourth-order valence-corrected chi connectivity index (χ4v) is 4.00. The van der Waals surface area contributed by atoms with E-state index >= 15 is 0 Å². The van der Waals surface area contributed by atoms with Crippen molar-refractivity contribution in [2.75, 3.05) is 7.11 Å². The van der Waals surface area contributed by atoms with Crippen LogP contribution in [0.15, 0.2) is 47.1 Å². The summed E-state index contributed by atoms with van der Waals surface area (Å²) in [6, 6.07) is 9.99. The predicted octanol–water partition coefficient (Wildman–Crippen LogP) is 4.24. The molecule has 0 bridgehead atoms. The number of ketones is 1. The van der Waals surface area contributed by atoms with Gasteiger partial charge in [0.25, 0.3) is 5.91 Å². The van der Waals surface area contributed by atoms with Crippen molar-refractivity contribution in [2.45, 2.75) is 40.3 Å². The molecule has 1 unspecified atom stereocenters. The smallest absolute Gasteiger partial charge is 0.354 e. The van der Waals surface area contributed by atoms with E-state index in [2.05, 4.69) is 0 Å². The van der Waals surface area contributed by atoms with Gasteiger partial charge in [-0.15, -0.1) is 0 Å². The van der Waals surface area contributed by atoms with E-state index < -0.39 is 12.0 Å². The number of hydrogen-bond donors (Lipinski definition) is 0. The maximum atomic E-state index is 13.7. The Kier molecular flexibility index (Phi) is 6.67. The van der Waals surface area contributed by atoms with Crippen molar-refractivity contribution >= 4 is 17.7 Å². The van der Waals surface area contributed by atoms with Crippen LogP contribution in [0.3, 0.4) is 0 Å². The fourth-order valence-electron chi connectivity index (χ4n) is 4.00. The van der Waals surface area contributed by atoms with Crippen LogP contribution in [0.1, 0.15) is 60.7 Å². The quantitative estimate of drug-likeness (QED) is 0.409. The molecule has 2 heterocycles. The van der Waals surface area contributed by atoms with Crippen molar-refractivity contribution in [3.8, 4) is 0 Å². The molecule has 3 rings (SSSR count). The second-order valence-corrected chi connectivity index (χ2v) is 7.85. The topological polar surface area (TPSA) is 81.8 Å². The summed E-state index contributed by atoms with van der Waals surface area (Å²) in [7, 11) is 3.02. The number of ether oxygens (including phenoxy) is 1. The predicted molar refractivity (Wildman–Crippen MR) is 120 cm³/mol. The zero-order valence-corrected chi connectivity index (χ0v) is 19.3. The molecule has 0 saturated carbocycles. The summed E-state index contributed by atoms with van der Waals surface area (Å²) < 4.78 is 12.0. The number of methoxy groups -OCH3 is 1. The van der Waals surface area contributed by atoms with Gasteiger partial charge in [0.05, 0.1) is 26.0 Å². The van der Waals surface area contributed by atoms with Crippen molar-refractivity contribution in [2.24, 2.45) is 7.05 Å².